The fourth-order valence-electron chi connectivity index (χ4n) is 3.56. The van der Waals surface area contributed by atoms with E-state index in [9.17, 15) is 9.59 Å². The number of hydrogen-bond donors (Lipinski definition) is 2. The topological polar surface area (TPSA) is 83.0 Å². The van der Waals surface area contributed by atoms with Gasteiger partial charge in [-0.3, -0.25) is 4.79 Å². The summed E-state index contributed by atoms with van der Waals surface area (Å²) in [7, 11) is 1.65. The molecule has 3 amide bonds. The Morgan fingerprint density at radius 3 is 2.52 bits per heavy atom. The van der Waals surface area contributed by atoms with Crippen LogP contribution in [0, 0.1) is 0 Å². The molecule has 0 aliphatic carbocycles. The van der Waals surface area contributed by atoms with Crippen molar-refractivity contribution in [2.45, 2.75) is 13.1 Å². The van der Waals surface area contributed by atoms with Gasteiger partial charge in [-0.05, 0) is 49.4 Å². The zero-order valence-corrected chi connectivity index (χ0v) is 19.0. The second-order valence-electron chi connectivity index (χ2n) is 7.36. The number of anilines is 2. The molecule has 168 valence electrons. The Bertz CT molecular complexity index is 1200. The van der Waals surface area contributed by atoms with Gasteiger partial charge in [-0.25, -0.2) is 9.79 Å². The number of nitrogens with one attached hydrogen (secondary N) is 2. The Kier molecular flexibility index (Phi) is 6.60. The minimum absolute atomic E-state index is 0.369. The zero-order valence-electron chi connectivity index (χ0n) is 18.2. The first-order chi connectivity index (χ1) is 16.0. The molecule has 0 aromatic heterocycles. The Morgan fingerprint density at radius 2 is 1.82 bits per heavy atom. The molecule has 1 heterocycles. The summed E-state index contributed by atoms with van der Waals surface area (Å²) in [6, 6.07) is 21.2. The molecule has 0 fully saturated rings. The van der Waals surface area contributed by atoms with E-state index in [1.54, 1.807) is 49.5 Å². The second-order valence-corrected chi connectivity index (χ2v) is 7.80. The highest BCUT2D eigenvalue weighted by Crippen LogP contribution is 2.30. The maximum Gasteiger partial charge on any atom is 0.321 e. The van der Waals surface area contributed by atoms with Crippen LogP contribution in [0.2, 0.25) is 5.02 Å². The van der Waals surface area contributed by atoms with Gasteiger partial charge in [0, 0.05) is 28.9 Å². The largest absolute Gasteiger partial charge is 0.494 e. The number of rotatable bonds is 5. The van der Waals surface area contributed by atoms with Gasteiger partial charge in [0.05, 0.1) is 18.0 Å². The van der Waals surface area contributed by atoms with Crippen LogP contribution in [0.5, 0.6) is 5.75 Å². The summed E-state index contributed by atoms with van der Waals surface area (Å²) in [5.74, 6) is 0.337. The molecule has 33 heavy (non-hydrogen) atoms. The predicted molar refractivity (Wildman–Crippen MR) is 130 cm³/mol. The van der Waals surface area contributed by atoms with Crippen molar-refractivity contribution in [1.82, 2.24) is 5.32 Å². The van der Waals surface area contributed by atoms with E-state index in [-0.39, 0.29) is 5.91 Å². The molecule has 4 rings (SSSR count). The number of aliphatic imine (C=N–C) groups is 1. The molecule has 3 aromatic rings. The number of likely N-dealkylation sites (N-methyl/N-ethyl adjacent to an activating group) is 1. The predicted octanol–water partition coefficient (Wildman–Crippen LogP) is 4.70. The molecule has 3 aromatic carbocycles. The summed E-state index contributed by atoms with van der Waals surface area (Å²) in [6.45, 7) is 2.46. The third-order valence-corrected chi connectivity index (χ3v) is 5.37. The quantitative estimate of drug-likeness (QED) is 0.576. The summed E-state index contributed by atoms with van der Waals surface area (Å²) in [5.41, 5.74) is 3.30. The fraction of sp³-hybridized carbons (Fsp3) is 0.160. The SMILES string of the molecule is CCOc1ccc(NC(=O)NC2N=C(c3ccccc3)c3cc(Cl)ccc3N(C)C2=O)cc1. The highest BCUT2D eigenvalue weighted by Gasteiger charge is 2.31. The van der Waals surface area contributed by atoms with Gasteiger partial charge in [0.2, 0.25) is 6.17 Å². The van der Waals surface area contributed by atoms with Crippen molar-refractivity contribution in [3.63, 3.8) is 0 Å². The number of ether oxygens (including phenoxy) is 1. The lowest BCUT2D eigenvalue weighted by Gasteiger charge is -2.21. The molecule has 0 radical (unpaired) electrons. The molecule has 1 unspecified atom stereocenters. The first kappa shape index (κ1) is 22.4. The molecular formula is C25H23ClN4O3. The fourth-order valence-corrected chi connectivity index (χ4v) is 3.73. The Hall–Kier alpha value is -3.84. The normalized spacial score (nSPS) is 15.2. The maximum absolute atomic E-state index is 13.2. The standard InChI is InChI=1S/C25H23ClN4O3/c1-3-33-19-12-10-18(11-13-19)27-25(32)29-23-24(31)30(2)21-14-9-17(26)15-20(21)22(28-23)16-7-5-4-6-8-16/h4-15,23H,3H2,1-2H3,(H2,27,29,32). The third-order valence-electron chi connectivity index (χ3n) is 5.14. The number of hydrogen-bond acceptors (Lipinski definition) is 4. The van der Waals surface area contributed by atoms with Gasteiger partial charge in [0.25, 0.3) is 5.91 Å². The lowest BCUT2D eigenvalue weighted by Crippen LogP contribution is -2.47. The van der Waals surface area contributed by atoms with Crippen molar-refractivity contribution < 1.29 is 14.3 Å². The molecule has 0 bridgehead atoms. The number of carbonyl (C=O) groups excluding carboxylic acids is 2. The van der Waals surface area contributed by atoms with E-state index in [1.807, 2.05) is 37.3 Å². The highest BCUT2D eigenvalue weighted by atomic mass is 35.5. The van der Waals surface area contributed by atoms with Crippen LogP contribution < -0.4 is 20.3 Å². The Balaban J connectivity index is 1.64. The van der Waals surface area contributed by atoms with Gasteiger partial charge in [-0.15, -0.1) is 0 Å². The first-order valence-electron chi connectivity index (χ1n) is 10.5. The maximum atomic E-state index is 13.2. The summed E-state index contributed by atoms with van der Waals surface area (Å²) in [6.07, 6.45) is -1.13. The Morgan fingerprint density at radius 1 is 1.09 bits per heavy atom. The minimum atomic E-state index is -1.13. The zero-order chi connectivity index (χ0) is 23.4. The van der Waals surface area contributed by atoms with Crippen molar-refractivity contribution in [1.29, 1.82) is 0 Å². The number of fused-ring (bicyclic) bond motifs is 1. The van der Waals surface area contributed by atoms with Gasteiger partial charge >= 0.3 is 6.03 Å². The number of benzodiazepines with no additional fused rings is 1. The van der Waals surface area contributed by atoms with Gasteiger partial charge in [0.1, 0.15) is 5.75 Å². The first-order valence-corrected chi connectivity index (χ1v) is 10.8. The van der Waals surface area contributed by atoms with Crippen LogP contribution in [-0.2, 0) is 4.79 Å². The smallest absolute Gasteiger partial charge is 0.321 e. The van der Waals surface area contributed by atoms with Crippen LogP contribution in [0.15, 0.2) is 77.8 Å². The summed E-state index contributed by atoms with van der Waals surface area (Å²) >= 11 is 6.26. The lowest BCUT2D eigenvalue weighted by molar-refractivity contribution is -0.119. The van der Waals surface area contributed by atoms with E-state index in [2.05, 4.69) is 15.6 Å². The van der Waals surface area contributed by atoms with E-state index >= 15 is 0 Å². The van der Waals surface area contributed by atoms with Crippen molar-refractivity contribution >= 4 is 40.6 Å². The molecular weight excluding hydrogens is 440 g/mol. The molecule has 0 saturated heterocycles. The van der Waals surface area contributed by atoms with Crippen molar-refractivity contribution in [3.05, 3.63) is 88.9 Å². The summed E-state index contributed by atoms with van der Waals surface area (Å²) < 4.78 is 5.41. The molecule has 0 spiro atoms. The molecule has 2 N–H and O–H groups in total. The molecule has 1 aliphatic rings. The van der Waals surface area contributed by atoms with Gasteiger partial charge in [-0.2, -0.15) is 0 Å². The van der Waals surface area contributed by atoms with E-state index in [0.717, 1.165) is 5.56 Å². The number of nitrogens with zero attached hydrogens (tertiary/aromatic N) is 2. The molecule has 0 saturated carbocycles. The molecule has 1 atom stereocenters. The van der Waals surface area contributed by atoms with E-state index in [4.69, 9.17) is 16.3 Å². The Labute approximate surface area is 197 Å². The third kappa shape index (κ3) is 4.99. The lowest BCUT2D eigenvalue weighted by atomic mass is 10.0. The highest BCUT2D eigenvalue weighted by molar-refractivity contribution is 6.32. The summed E-state index contributed by atoms with van der Waals surface area (Å²) in [5, 5.41) is 5.94. The van der Waals surface area contributed by atoms with Crippen LogP contribution >= 0.6 is 11.6 Å². The van der Waals surface area contributed by atoms with Crippen LogP contribution in [0.25, 0.3) is 0 Å². The van der Waals surface area contributed by atoms with Crippen molar-refractivity contribution in [2.75, 3.05) is 23.9 Å². The molecule has 8 heteroatoms. The number of urea groups is 1. The number of halogens is 1. The number of benzene rings is 3. The number of carbonyl (C=O) groups is 2. The van der Waals surface area contributed by atoms with E-state index in [0.29, 0.717) is 40.0 Å². The van der Waals surface area contributed by atoms with Crippen LogP contribution in [0.3, 0.4) is 0 Å². The summed E-state index contributed by atoms with van der Waals surface area (Å²) in [4.78, 5) is 32.0. The van der Waals surface area contributed by atoms with Gasteiger partial charge in [-0.1, -0.05) is 41.9 Å². The average Bonchev–Trinajstić information content (AvgIpc) is 2.91. The second kappa shape index (κ2) is 9.75. The van der Waals surface area contributed by atoms with Gasteiger partial charge in [0.15, 0.2) is 0 Å². The van der Waals surface area contributed by atoms with E-state index in [1.165, 1.54) is 4.90 Å². The van der Waals surface area contributed by atoms with Crippen molar-refractivity contribution in [3.8, 4) is 5.75 Å². The average molecular weight is 463 g/mol. The molecule has 1 aliphatic heterocycles. The minimum Gasteiger partial charge on any atom is -0.494 e. The van der Waals surface area contributed by atoms with Gasteiger partial charge < -0.3 is 20.3 Å². The van der Waals surface area contributed by atoms with Crippen LogP contribution in [-0.4, -0.2) is 37.5 Å². The number of amides is 3. The monoisotopic (exact) mass is 462 g/mol. The van der Waals surface area contributed by atoms with Crippen molar-refractivity contribution in [2.24, 2.45) is 4.99 Å². The van der Waals surface area contributed by atoms with Crippen LogP contribution in [0.4, 0.5) is 16.2 Å². The van der Waals surface area contributed by atoms with Crippen LogP contribution in [0.1, 0.15) is 18.1 Å². The molecule has 7 nitrogen and oxygen atoms in total. The van der Waals surface area contributed by atoms with E-state index < -0.39 is 12.2 Å².